The monoisotopic (exact) mass is 319 g/mol. The molecule has 0 fully saturated rings. The Labute approximate surface area is 126 Å². The van der Waals surface area contributed by atoms with Crippen LogP contribution in [0.4, 0.5) is 8.78 Å². The first-order valence-electron chi connectivity index (χ1n) is 5.64. The maximum Gasteiger partial charge on any atom is 0.181 e. The summed E-state index contributed by atoms with van der Waals surface area (Å²) in [5.41, 5.74) is 6.49. The van der Waals surface area contributed by atoms with Crippen molar-refractivity contribution in [2.75, 3.05) is 0 Å². The minimum atomic E-state index is -0.603. The summed E-state index contributed by atoms with van der Waals surface area (Å²) in [5, 5.41) is 0.126. The highest BCUT2D eigenvalue weighted by Gasteiger charge is 2.12. The predicted octanol–water partition coefficient (Wildman–Crippen LogP) is 4.60. The van der Waals surface area contributed by atoms with E-state index in [1.807, 2.05) is 0 Å². The Morgan fingerprint density at radius 1 is 1.20 bits per heavy atom. The van der Waals surface area contributed by atoms with Crippen molar-refractivity contribution in [1.82, 2.24) is 0 Å². The highest BCUT2D eigenvalue weighted by Crippen LogP contribution is 2.33. The van der Waals surface area contributed by atoms with E-state index in [9.17, 15) is 8.78 Å². The molecule has 20 heavy (non-hydrogen) atoms. The highest BCUT2D eigenvalue weighted by molar-refractivity contribution is 6.32. The zero-order valence-electron chi connectivity index (χ0n) is 10.6. The molecule has 0 saturated carbocycles. The lowest BCUT2D eigenvalue weighted by atomic mass is 10.1. The quantitative estimate of drug-likeness (QED) is 0.897. The molecule has 0 aliphatic heterocycles. The smallest absolute Gasteiger partial charge is 0.181 e. The van der Waals surface area contributed by atoms with Gasteiger partial charge in [-0.15, -0.1) is 12.4 Å². The summed E-state index contributed by atoms with van der Waals surface area (Å²) in [5.74, 6) is -1.03. The van der Waals surface area contributed by atoms with Crippen LogP contribution in [0.5, 0.6) is 11.5 Å². The molecule has 0 atom stereocenters. The Kier molecular flexibility index (Phi) is 5.74. The van der Waals surface area contributed by atoms with Crippen LogP contribution in [-0.2, 0) is 6.54 Å². The summed E-state index contributed by atoms with van der Waals surface area (Å²) >= 11 is 5.84. The van der Waals surface area contributed by atoms with Gasteiger partial charge in [0.2, 0.25) is 0 Å². The molecule has 2 N–H and O–H groups in total. The first kappa shape index (κ1) is 16.7. The van der Waals surface area contributed by atoms with Crippen molar-refractivity contribution in [1.29, 1.82) is 0 Å². The molecule has 2 rings (SSSR count). The van der Waals surface area contributed by atoms with E-state index in [1.165, 1.54) is 18.2 Å². The Balaban J connectivity index is 0.00000200. The lowest BCUT2D eigenvalue weighted by Gasteiger charge is -2.11. The fraction of sp³-hybridized carbons (Fsp3) is 0.143. The van der Waals surface area contributed by atoms with Gasteiger partial charge in [0.1, 0.15) is 11.6 Å². The van der Waals surface area contributed by atoms with Crippen LogP contribution in [0.1, 0.15) is 11.1 Å². The van der Waals surface area contributed by atoms with Gasteiger partial charge in [0.25, 0.3) is 0 Å². The van der Waals surface area contributed by atoms with Crippen LogP contribution in [0.2, 0.25) is 5.02 Å². The molecular formula is C14H13Cl2F2NO. The zero-order chi connectivity index (χ0) is 14.0. The molecule has 6 heteroatoms. The van der Waals surface area contributed by atoms with Crippen molar-refractivity contribution < 1.29 is 13.5 Å². The van der Waals surface area contributed by atoms with E-state index in [2.05, 4.69) is 0 Å². The van der Waals surface area contributed by atoms with Gasteiger partial charge in [-0.2, -0.15) is 0 Å². The Morgan fingerprint density at radius 3 is 2.45 bits per heavy atom. The maximum atomic E-state index is 13.7. The van der Waals surface area contributed by atoms with Crippen LogP contribution >= 0.6 is 24.0 Å². The van der Waals surface area contributed by atoms with E-state index >= 15 is 0 Å². The minimum absolute atomic E-state index is 0. The minimum Gasteiger partial charge on any atom is -0.453 e. The second kappa shape index (κ2) is 6.88. The third-order valence-electron chi connectivity index (χ3n) is 2.74. The molecule has 0 bridgehead atoms. The second-order valence-electron chi connectivity index (χ2n) is 4.06. The van der Waals surface area contributed by atoms with Gasteiger partial charge in [0.05, 0.1) is 5.02 Å². The van der Waals surface area contributed by atoms with Crippen LogP contribution < -0.4 is 10.5 Å². The number of hydrogen-bond donors (Lipinski definition) is 1. The number of aryl methyl sites for hydroxylation is 1. The van der Waals surface area contributed by atoms with Gasteiger partial charge in [-0.25, -0.2) is 8.78 Å². The lowest BCUT2D eigenvalue weighted by Crippen LogP contribution is -2.03. The van der Waals surface area contributed by atoms with Crippen molar-refractivity contribution in [3.63, 3.8) is 0 Å². The number of benzene rings is 2. The van der Waals surface area contributed by atoms with Crippen LogP contribution in [0.15, 0.2) is 30.3 Å². The Bertz CT molecular complexity index is 577. The van der Waals surface area contributed by atoms with Crippen molar-refractivity contribution in [2.45, 2.75) is 13.5 Å². The molecule has 2 nitrogen and oxygen atoms in total. The van der Waals surface area contributed by atoms with Gasteiger partial charge < -0.3 is 10.5 Å². The van der Waals surface area contributed by atoms with E-state index in [4.69, 9.17) is 22.1 Å². The maximum absolute atomic E-state index is 13.7. The molecule has 108 valence electrons. The van der Waals surface area contributed by atoms with Crippen molar-refractivity contribution in [2.24, 2.45) is 5.73 Å². The SMILES string of the molecule is Cc1cc(Oc2c(F)cccc2Cl)cc(F)c1CN.Cl. The standard InChI is InChI=1S/C14H12ClF2NO.ClH/c1-8-5-9(6-13(17)10(8)7-18)19-14-11(15)3-2-4-12(14)16;/h2-6H,7,18H2,1H3;1H. The van der Waals surface area contributed by atoms with Gasteiger partial charge in [0.15, 0.2) is 11.6 Å². The van der Waals surface area contributed by atoms with Crippen LogP contribution in [0.3, 0.4) is 0 Å². The van der Waals surface area contributed by atoms with Crippen molar-refractivity contribution in [3.8, 4) is 11.5 Å². The number of para-hydroxylation sites is 1. The largest absolute Gasteiger partial charge is 0.453 e. The average molecular weight is 320 g/mol. The number of rotatable bonds is 3. The Morgan fingerprint density at radius 2 is 1.90 bits per heavy atom. The summed E-state index contributed by atoms with van der Waals surface area (Å²) in [6.07, 6.45) is 0. The average Bonchev–Trinajstić information content (AvgIpc) is 2.34. The molecule has 0 unspecified atom stereocenters. The summed E-state index contributed by atoms with van der Waals surface area (Å²) in [6.45, 7) is 1.81. The molecule has 0 spiro atoms. The summed E-state index contributed by atoms with van der Waals surface area (Å²) in [4.78, 5) is 0. The van der Waals surface area contributed by atoms with Crippen LogP contribution in [-0.4, -0.2) is 0 Å². The Hall–Kier alpha value is -1.36. The molecular weight excluding hydrogens is 307 g/mol. The molecule has 0 radical (unpaired) electrons. The summed E-state index contributed by atoms with van der Waals surface area (Å²) in [7, 11) is 0. The summed E-state index contributed by atoms with van der Waals surface area (Å²) < 4.78 is 32.6. The van der Waals surface area contributed by atoms with Crippen molar-refractivity contribution in [3.05, 3.63) is 58.1 Å². The van der Waals surface area contributed by atoms with Gasteiger partial charge in [0, 0.05) is 18.2 Å². The van der Waals surface area contributed by atoms with Gasteiger partial charge in [-0.3, -0.25) is 0 Å². The fourth-order valence-electron chi connectivity index (χ4n) is 1.76. The van der Waals surface area contributed by atoms with Crippen molar-refractivity contribution >= 4 is 24.0 Å². The van der Waals surface area contributed by atoms with Crippen LogP contribution in [0.25, 0.3) is 0 Å². The topological polar surface area (TPSA) is 35.2 Å². The molecule has 0 aliphatic carbocycles. The lowest BCUT2D eigenvalue weighted by molar-refractivity contribution is 0.438. The molecule has 0 heterocycles. The normalized spacial score (nSPS) is 10.1. The number of nitrogens with two attached hydrogens (primary N) is 1. The first-order valence-corrected chi connectivity index (χ1v) is 6.01. The number of halogens is 4. The van der Waals surface area contributed by atoms with E-state index < -0.39 is 11.6 Å². The third-order valence-corrected chi connectivity index (χ3v) is 3.03. The van der Waals surface area contributed by atoms with Crippen LogP contribution in [0, 0.1) is 18.6 Å². The van der Waals surface area contributed by atoms with Gasteiger partial charge in [-0.05, 0) is 30.7 Å². The highest BCUT2D eigenvalue weighted by atomic mass is 35.5. The van der Waals surface area contributed by atoms with E-state index in [-0.39, 0.29) is 35.5 Å². The van der Waals surface area contributed by atoms with Gasteiger partial charge >= 0.3 is 0 Å². The molecule has 0 aromatic heterocycles. The molecule has 2 aromatic carbocycles. The number of ether oxygens (including phenoxy) is 1. The van der Waals surface area contributed by atoms with E-state index in [0.717, 1.165) is 6.07 Å². The van der Waals surface area contributed by atoms with E-state index in [0.29, 0.717) is 11.1 Å². The molecule has 0 amide bonds. The molecule has 2 aromatic rings. The second-order valence-corrected chi connectivity index (χ2v) is 4.46. The fourth-order valence-corrected chi connectivity index (χ4v) is 1.96. The zero-order valence-corrected chi connectivity index (χ0v) is 12.2. The third kappa shape index (κ3) is 3.39. The predicted molar refractivity (Wildman–Crippen MR) is 77.8 cm³/mol. The van der Waals surface area contributed by atoms with E-state index in [1.54, 1.807) is 13.0 Å². The van der Waals surface area contributed by atoms with Gasteiger partial charge in [-0.1, -0.05) is 17.7 Å². The molecule has 0 aliphatic rings. The number of hydrogen-bond acceptors (Lipinski definition) is 2. The molecule has 0 saturated heterocycles. The first-order chi connectivity index (χ1) is 9.02. The summed E-state index contributed by atoms with van der Waals surface area (Å²) in [6, 6.07) is 6.94.